The Morgan fingerprint density at radius 3 is 2.53 bits per heavy atom. The highest BCUT2D eigenvalue weighted by Crippen LogP contribution is 2.24. The standard InChI is InChI=1S/C24H23ClN4O2S/c1-15-22(12-17-4-6-18(25)7-5-17)16(2)29(28-15)24-27-20(14-32-24)13-23(30)26-19-8-10-21(31-3)11-9-19/h4-11,14H,12-13H2,1-3H3,(H,26,30). The lowest BCUT2D eigenvalue weighted by Crippen LogP contribution is -2.14. The largest absolute Gasteiger partial charge is 0.497 e. The number of carbonyl (C=O) groups excluding carboxylic acids is 1. The van der Waals surface area contributed by atoms with E-state index >= 15 is 0 Å². The number of aryl methyl sites for hydroxylation is 1. The van der Waals surface area contributed by atoms with Crippen LogP contribution in [0.25, 0.3) is 5.13 Å². The second-order valence-corrected chi connectivity index (χ2v) is 8.71. The Bertz CT molecular complexity index is 1230. The molecule has 0 bridgehead atoms. The Labute approximate surface area is 195 Å². The summed E-state index contributed by atoms with van der Waals surface area (Å²) in [7, 11) is 1.61. The van der Waals surface area contributed by atoms with Crippen molar-refractivity contribution in [2.45, 2.75) is 26.7 Å². The summed E-state index contributed by atoms with van der Waals surface area (Å²) < 4.78 is 6.99. The molecule has 6 nitrogen and oxygen atoms in total. The quantitative estimate of drug-likeness (QED) is 0.397. The molecule has 2 aromatic heterocycles. The number of benzene rings is 2. The van der Waals surface area contributed by atoms with Gasteiger partial charge in [0.25, 0.3) is 0 Å². The number of nitrogens with one attached hydrogen (secondary N) is 1. The summed E-state index contributed by atoms with van der Waals surface area (Å²) in [6.07, 6.45) is 0.969. The number of thiazole rings is 1. The minimum atomic E-state index is -0.121. The first-order valence-corrected chi connectivity index (χ1v) is 11.4. The van der Waals surface area contributed by atoms with Crippen LogP contribution in [0.1, 0.15) is 28.2 Å². The molecule has 0 atom stereocenters. The zero-order valence-electron chi connectivity index (χ0n) is 18.1. The van der Waals surface area contributed by atoms with E-state index in [9.17, 15) is 4.79 Å². The van der Waals surface area contributed by atoms with Gasteiger partial charge in [-0.3, -0.25) is 4.79 Å². The van der Waals surface area contributed by atoms with Crippen LogP contribution in [0.5, 0.6) is 5.75 Å². The van der Waals surface area contributed by atoms with Gasteiger partial charge in [-0.1, -0.05) is 23.7 Å². The molecule has 0 unspecified atom stereocenters. The molecule has 2 aromatic carbocycles. The summed E-state index contributed by atoms with van der Waals surface area (Å²) >= 11 is 7.48. The molecule has 1 N–H and O–H groups in total. The fraction of sp³-hybridized carbons (Fsp3) is 0.208. The molecular weight excluding hydrogens is 444 g/mol. The summed E-state index contributed by atoms with van der Waals surface area (Å²) in [6, 6.07) is 15.1. The third kappa shape index (κ3) is 5.00. The zero-order chi connectivity index (χ0) is 22.7. The van der Waals surface area contributed by atoms with Gasteiger partial charge in [0.1, 0.15) is 5.75 Å². The van der Waals surface area contributed by atoms with Crippen LogP contribution in [-0.4, -0.2) is 27.8 Å². The van der Waals surface area contributed by atoms with Crippen LogP contribution in [-0.2, 0) is 17.6 Å². The van der Waals surface area contributed by atoms with Crippen LogP contribution in [0.4, 0.5) is 5.69 Å². The molecule has 0 saturated carbocycles. The average molecular weight is 467 g/mol. The fourth-order valence-electron chi connectivity index (χ4n) is 3.44. The summed E-state index contributed by atoms with van der Waals surface area (Å²) in [4.78, 5) is 17.1. The number of hydrogen-bond acceptors (Lipinski definition) is 5. The number of amides is 1. The number of nitrogens with zero attached hydrogens (tertiary/aromatic N) is 3. The SMILES string of the molecule is COc1ccc(NC(=O)Cc2csc(-n3nc(C)c(Cc4ccc(Cl)cc4)c3C)n2)cc1. The highest BCUT2D eigenvalue weighted by atomic mass is 35.5. The molecule has 0 aliphatic rings. The fourth-order valence-corrected chi connectivity index (χ4v) is 4.39. The van der Waals surface area contributed by atoms with Crippen molar-refractivity contribution in [3.8, 4) is 10.9 Å². The lowest BCUT2D eigenvalue weighted by atomic mass is 10.0. The van der Waals surface area contributed by atoms with Crippen LogP contribution >= 0.6 is 22.9 Å². The van der Waals surface area contributed by atoms with Gasteiger partial charge in [-0.2, -0.15) is 5.10 Å². The summed E-state index contributed by atoms with van der Waals surface area (Å²) in [6.45, 7) is 4.05. The molecule has 164 valence electrons. The third-order valence-electron chi connectivity index (χ3n) is 5.17. The van der Waals surface area contributed by atoms with E-state index in [0.29, 0.717) is 5.69 Å². The minimum Gasteiger partial charge on any atom is -0.497 e. The molecule has 0 radical (unpaired) electrons. The van der Waals surface area contributed by atoms with E-state index < -0.39 is 0 Å². The van der Waals surface area contributed by atoms with Gasteiger partial charge >= 0.3 is 0 Å². The van der Waals surface area contributed by atoms with Crippen molar-refractivity contribution in [3.63, 3.8) is 0 Å². The van der Waals surface area contributed by atoms with Crippen LogP contribution in [0.15, 0.2) is 53.9 Å². The van der Waals surface area contributed by atoms with Crippen molar-refractivity contribution < 1.29 is 9.53 Å². The monoisotopic (exact) mass is 466 g/mol. The highest BCUT2D eigenvalue weighted by molar-refractivity contribution is 7.12. The van der Waals surface area contributed by atoms with Gasteiger partial charge in [-0.05, 0) is 55.8 Å². The van der Waals surface area contributed by atoms with Crippen molar-refractivity contribution in [2.75, 3.05) is 12.4 Å². The number of aromatic nitrogens is 3. The molecule has 0 spiro atoms. The third-order valence-corrected chi connectivity index (χ3v) is 6.29. The van der Waals surface area contributed by atoms with Gasteiger partial charge in [-0.15, -0.1) is 11.3 Å². The maximum absolute atomic E-state index is 12.4. The molecule has 4 rings (SSSR count). The first-order chi connectivity index (χ1) is 15.4. The van der Waals surface area contributed by atoms with Crippen LogP contribution in [0, 0.1) is 13.8 Å². The van der Waals surface area contributed by atoms with E-state index in [1.807, 2.05) is 48.2 Å². The van der Waals surface area contributed by atoms with E-state index in [4.69, 9.17) is 21.4 Å². The van der Waals surface area contributed by atoms with E-state index in [2.05, 4.69) is 10.3 Å². The van der Waals surface area contributed by atoms with Crippen molar-refractivity contribution in [3.05, 3.63) is 87.1 Å². The normalized spacial score (nSPS) is 10.9. The van der Waals surface area contributed by atoms with E-state index in [1.165, 1.54) is 22.5 Å². The molecule has 4 aromatic rings. The average Bonchev–Trinajstić information content (AvgIpc) is 3.35. The van der Waals surface area contributed by atoms with Gasteiger partial charge in [0.15, 0.2) is 0 Å². The summed E-state index contributed by atoms with van der Waals surface area (Å²) in [5, 5.41) is 11.0. The van der Waals surface area contributed by atoms with Gasteiger partial charge in [-0.25, -0.2) is 9.67 Å². The van der Waals surface area contributed by atoms with Crippen molar-refractivity contribution >= 4 is 34.5 Å². The van der Waals surface area contributed by atoms with Crippen molar-refractivity contribution in [1.29, 1.82) is 0 Å². The first kappa shape index (κ1) is 22.0. The Hall–Kier alpha value is -3.16. The predicted molar refractivity (Wildman–Crippen MR) is 128 cm³/mol. The molecule has 1 amide bonds. The number of methoxy groups -OCH3 is 1. The maximum Gasteiger partial charge on any atom is 0.230 e. The Morgan fingerprint density at radius 1 is 1.12 bits per heavy atom. The highest BCUT2D eigenvalue weighted by Gasteiger charge is 2.16. The summed E-state index contributed by atoms with van der Waals surface area (Å²) in [5.41, 5.74) is 5.78. The zero-order valence-corrected chi connectivity index (χ0v) is 19.6. The lowest BCUT2D eigenvalue weighted by Gasteiger charge is -2.05. The first-order valence-electron chi connectivity index (χ1n) is 10.1. The van der Waals surface area contributed by atoms with Crippen molar-refractivity contribution in [2.24, 2.45) is 0 Å². The maximum atomic E-state index is 12.4. The van der Waals surface area contributed by atoms with E-state index in [0.717, 1.165) is 39.4 Å². The molecule has 0 aliphatic heterocycles. The molecule has 32 heavy (non-hydrogen) atoms. The molecule has 0 fully saturated rings. The Morgan fingerprint density at radius 2 is 1.84 bits per heavy atom. The van der Waals surface area contributed by atoms with Crippen LogP contribution < -0.4 is 10.1 Å². The second kappa shape index (κ2) is 9.54. The molecular formula is C24H23ClN4O2S. The van der Waals surface area contributed by atoms with Gasteiger partial charge < -0.3 is 10.1 Å². The Kier molecular flexibility index (Phi) is 6.58. The van der Waals surface area contributed by atoms with Crippen LogP contribution in [0.3, 0.4) is 0 Å². The molecule has 0 aliphatic carbocycles. The van der Waals surface area contributed by atoms with Gasteiger partial charge in [0.05, 0.1) is 24.9 Å². The number of hydrogen-bond donors (Lipinski definition) is 1. The summed E-state index contributed by atoms with van der Waals surface area (Å²) in [5.74, 6) is 0.622. The molecule has 0 saturated heterocycles. The number of halogens is 1. The lowest BCUT2D eigenvalue weighted by molar-refractivity contribution is -0.115. The van der Waals surface area contributed by atoms with Crippen LogP contribution in [0.2, 0.25) is 5.02 Å². The van der Waals surface area contributed by atoms with Gasteiger partial charge in [0, 0.05) is 33.8 Å². The minimum absolute atomic E-state index is 0.121. The number of carbonyl (C=O) groups is 1. The number of rotatable bonds is 7. The van der Waals surface area contributed by atoms with E-state index in [1.54, 1.807) is 31.4 Å². The topological polar surface area (TPSA) is 69.0 Å². The van der Waals surface area contributed by atoms with Crippen molar-refractivity contribution in [1.82, 2.24) is 14.8 Å². The smallest absolute Gasteiger partial charge is 0.230 e. The second-order valence-electron chi connectivity index (χ2n) is 7.44. The number of ether oxygens (including phenoxy) is 1. The van der Waals surface area contributed by atoms with Gasteiger partial charge in [0.2, 0.25) is 11.0 Å². The number of anilines is 1. The molecule has 8 heteroatoms. The Balaban J connectivity index is 1.45. The predicted octanol–water partition coefficient (Wildman–Crippen LogP) is 5.38. The van der Waals surface area contributed by atoms with E-state index in [-0.39, 0.29) is 12.3 Å². The molecule has 2 heterocycles.